The van der Waals surface area contributed by atoms with Crippen LogP contribution in [0.5, 0.6) is 0 Å². The van der Waals surface area contributed by atoms with E-state index >= 15 is 0 Å². The second kappa shape index (κ2) is 11.9. The number of ether oxygens (including phenoxy) is 3. The van der Waals surface area contributed by atoms with Gasteiger partial charge >= 0.3 is 0 Å². The van der Waals surface area contributed by atoms with Crippen molar-refractivity contribution in [2.24, 2.45) is 0 Å². The third-order valence-corrected chi connectivity index (χ3v) is 3.34. The van der Waals surface area contributed by atoms with Crippen LogP contribution in [0.2, 0.25) is 0 Å². The monoisotopic (exact) mass is 259 g/mol. The van der Waals surface area contributed by atoms with E-state index in [0.29, 0.717) is 32.5 Å². The van der Waals surface area contributed by atoms with Crippen molar-refractivity contribution in [2.45, 2.75) is 44.6 Å². The molecule has 0 bridgehead atoms. The molecule has 1 rings (SSSR count). The second-order valence-electron chi connectivity index (χ2n) is 4.86. The van der Waals surface area contributed by atoms with Crippen LogP contribution in [0.4, 0.5) is 0 Å². The summed E-state index contributed by atoms with van der Waals surface area (Å²) in [6.45, 7) is 4.39. The topological polar surface area (TPSA) is 39.7 Å². The van der Waals surface area contributed by atoms with Gasteiger partial charge in [0.1, 0.15) is 0 Å². The number of nitrogens with one attached hydrogen (secondary N) is 1. The van der Waals surface area contributed by atoms with Gasteiger partial charge in [0.05, 0.1) is 33.0 Å². The van der Waals surface area contributed by atoms with Gasteiger partial charge in [-0.25, -0.2) is 0 Å². The zero-order valence-electron chi connectivity index (χ0n) is 11.8. The van der Waals surface area contributed by atoms with Gasteiger partial charge in [0.15, 0.2) is 0 Å². The first-order valence-electron chi connectivity index (χ1n) is 7.31. The fraction of sp³-hybridized carbons (Fsp3) is 1.00. The molecule has 0 spiro atoms. The Kier molecular flexibility index (Phi) is 10.5. The summed E-state index contributed by atoms with van der Waals surface area (Å²) < 4.78 is 15.7. The van der Waals surface area contributed by atoms with Crippen LogP contribution in [-0.4, -0.2) is 52.7 Å². The van der Waals surface area contributed by atoms with Gasteiger partial charge in [-0.2, -0.15) is 0 Å². The zero-order chi connectivity index (χ0) is 12.9. The molecular formula is C14H29NO3. The van der Waals surface area contributed by atoms with Crippen LogP contribution in [0, 0.1) is 0 Å². The van der Waals surface area contributed by atoms with Crippen LogP contribution in [0.25, 0.3) is 0 Å². The number of rotatable bonds is 10. The average Bonchev–Trinajstić information content (AvgIpc) is 2.65. The number of methoxy groups -OCH3 is 1. The highest BCUT2D eigenvalue weighted by Gasteiger charge is 2.10. The lowest BCUT2D eigenvalue weighted by Gasteiger charge is -2.16. The van der Waals surface area contributed by atoms with Crippen molar-refractivity contribution in [3.63, 3.8) is 0 Å². The SMILES string of the molecule is COCCOCCOCCNC1CCCCCC1. The van der Waals surface area contributed by atoms with Crippen LogP contribution in [-0.2, 0) is 14.2 Å². The van der Waals surface area contributed by atoms with Crippen LogP contribution in [0.3, 0.4) is 0 Å². The molecule has 0 amide bonds. The maximum atomic E-state index is 5.51. The quantitative estimate of drug-likeness (QED) is 0.481. The van der Waals surface area contributed by atoms with Gasteiger partial charge in [0.25, 0.3) is 0 Å². The third kappa shape index (κ3) is 8.86. The lowest BCUT2D eigenvalue weighted by molar-refractivity contribution is 0.0251. The minimum atomic E-state index is 0.653. The van der Waals surface area contributed by atoms with Crippen LogP contribution >= 0.6 is 0 Å². The molecule has 0 aromatic rings. The highest BCUT2D eigenvalue weighted by Crippen LogP contribution is 2.16. The third-order valence-electron chi connectivity index (χ3n) is 3.34. The van der Waals surface area contributed by atoms with Crippen molar-refractivity contribution < 1.29 is 14.2 Å². The summed E-state index contributed by atoms with van der Waals surface area (Å²) in [5.41, 5.74) is 0. The maximum Gasteiger partial charge on any atom is 0.0701 e. The van der Waals surface area contributed by atoms with E-state index in [1.165, 1.54) is 38.5 Å². The molecule has 1 fully saturated rings. The summed E-state index contributed by atoms with van der Waals surface area (Å²) in [4.78, 5) is 0. The molecule has 4 heteroatoms. The van der Waals surface area contributed by atoms with Crippen molar-refractivity contribution in [3.8, 4) is 0 Å². The van der Waals surface area contributed by atoms with Crippen molar-refractivity contribution in [2.75, 3.05) is 46.7 Å². The number of hydrogen-bond donors (Lipinski definition) is 1. The molecule has 0 aromatic heterocycles. The Labute approximate surface area is 111 Å². The van der Waals surface area contributed by atoms with Crippen LogP contribution in [0.1, 0.15) is 38.5 Å². The highest BCUT2D eigenvalue weighted by molar-refractivity contribution is 4.70. The Balaban J connectivity index is 1.80. The highest BCUT2D eigenvalue weighted by atomic mass is 16.5. The van der Waals surface area contributed by atoms with Gasteiger partial charge in [0, 0.05) is 19.7 Å². The van der Waals surface area contributed by atoms with E-state index in [1.807, 2.05) is 0 Å². The van der Waals surface area contributed by atoms with E-state index in [9.17, 15) is 0 Å². The average molecular weight is 259 g/mol. The predicted molar refractivity (Wildman–Crippen MR) is 73.0 cm³/mol. The fourth-order valence-electron chi connectivity index (χ4n) is 2.28. The molecule has 1 aliphatic carbocycles. The van der Waals surface area contributed by atoms with E-state index in [-0.39, 0.29) is 0 Å². The van der Waals surface area contributed by atoms with E-state index in [0.717, 1.165) is 13.2 Å². The minimum Gasteiger partial charge on any atom is -0.382 e. The minimum absolute atomic E-state index is 0.653. The van der Waals surface area contributed by atoms with Gasteiger partial charge < -0.3 is 19.5 Å². The maximum absolute atomic E-state index is 5.51. The molecule has 0 atom stereocenters. The molecule has 0 heterocycles. The molecule has 0 saturated heterocycles. The summed E-state index contributed by atoms with van der Waals surface area (Å²) in [5.74, 6) is 0. The Bertz CT molecular complexity index is 170. The molecule has 0 aromatic carbocycles. The van der Waals surface area contributed by atoms with Gasteiger partial charge in [-0.3, -0.25) is 0 Å². The number of hydrogen-bond acceptors (Lipinski definition) is 4. The first-order chi connectivity index (χ1) is 8.93. The molecule has 1 saturated carbocycles. The predicted octanol–water partition coefficient (Wildman–Crippen LogP) is 1.98. The standard InChI is InChI=1S/C14H29NO3/c1-16-10-11-18-13-12-17-9-8-15-14-6-4-2-3-5-7-14/h14-15H,2-13H2,1H3. The molecule has 1 aliphatic rings. The van der Waals surface area contributed by atoms with E-state index in [2.05, 4.69) is 5.32 Å². The molecular weight excluding hydrogens is 230 g/mol. The van der Waals surface area contributed by atoms with E-state index in [1.54, 1.807) is 7.11 Å². The molecule has 108 valence electrons. The van der Waals surface area contributed by atoms with Crippen molar-refractivity contribution in [3.05, 3.63) is 0 Å². The van der Waals surface area contributed by atoms with E-state index < -0.39 is 0 Å². The fourth-order valence-corrected chi connectivity index (χ4v) is 2.28. The first-order valence-corrected chi connectivity index (χ1v) is 7.31. The van der Waals surface area contributed by atoms with Gasteiger partial charge in [-0.05, 0) is 12.8 Å². The van der Waals surface area contributed by atoms with E-state index in [4.69, 9.17) is 14.2 Å². The lowest BCUT2D eigenvalue weighted by Crippen LogP contribution is -2.31. The Morgan fingerprint density at radius 1 is 0.833 bits per heavy atom. The zero-order valence-corrected chi connectivity index (χ0v) is 11.8. The summed E-state index contributed by atoms with van der Waals surface area (Å²) in [6.07, 6.45) is 8.25. The van der Waals surface area contributed by atoms with Gasteiger partial charge in [-0.1, -0.05) is 25.7 Å². The summed E-state index contributed by atoms with van der Waals surface area (Å²) in [5, 5.41) is 3.59. The van der Waals surface area contributed by atoms with Crippen LogP contribution in [0.15, 0.2) is 0 Å². The summed E-state index contributed by atoms with van der Waals surface area (Å²) in [7, 11) is 1.68. The van der Waals surface area contributed by atoms with Crippen molar-refractivity contribution in [1.29, 1.82) is 0 Å². The molecule has 0 aliphatic heterocycles. The molecule has 18 heavy (non-hydrogen) atoms. The van der Waals surface area contributed by atoms with Gasteiger partial charge in [0.2, 0.25) is 0 Å². The van der Waals surface area contributed by atoms with Crippen LogP contribution < -0.4 is 5.32 Å². The normalized spacial score (nSPS) is 17.8. The Hall–Kier alpha value is -0.160. The Morgan fingerprint density at radius 3 is 2.11 bits per heavy atom. The molecule has 0 radical (unpaired) electrons. The second-order valence-corrected chi connectivity index (χ2v) is 4.86. The summed E-state index contributed by atoms with van der Waals surface area (Å²) in [6, 6.07) is 0.717. The lowest BCUT2D eigenvalue weighted by atomic mass is 10.1. The summed E-state index contributed by atoms with van der Waals surface area (Å²) >= 11 is 0. The van der Waals surface area contributed by atoms with Crippen molar-refractivity contribution >= 4 is 0 Å². The van der Waals surface area contributed by atoms with Gasteiger partial charge in [-0.15, -0.1) is 0 Å². The molecule has 0 unspecified atom stereocenters. The Morgan fingerprint density at radius 2 is 1.44 bits per heavy atom. The smallest absolute Gasteiger partial charge is 0.0701 e. The largest absolute Gasteiger partial charge is 0.382 e. The molecule has 1 N–H and O–H groups in total. The molecule has 4 nitrogen and oxygen atoms in total. The van der Waals surface area contributed by atoms with Crippen molar-refractivity contribution in [1.82, 2.24) is 5.32 Å². The first kappa shape index (κ1) is 15.9.